The van der Waals surface area contributed by atoms with Crippen LogP contribution in [0.4, 0.5) is 11.4 Å². The van der Waals surface area contributed by atoms with E-state index in [1.807, 2.05) is 18.2 Å². The average Bonchev–Trinajstić information content (AvgIpc) is 2.94. The molecular weight excluding hydrogens is 462 g/mol. The van der Waals surface area contributed by atoms with E-state index in [0.29, 0.717) is 31.2 Å². The highest BCUT2D eigenvalue weighted by Gasteiger charge is 2.42. The second kappa shape index (κ2) is 8.09. The van der Waals surface area contributed by atoms with E-state index in [-0.39, 0.29) is 16.3 Å². The van der Waals surface area contributed by atoms with E-state index < -0.39 is 31.9 Å². The van der Waals surface area contributed by atoms with Gasteiger partial charge in [-0.15, -0.1) is 0 Å². The molecule has 2 saturated heterocycles. The molecule has 0 spiro atoms. The van der Waals surface area contributed by atoms with Gasteiger partial charge in [0.25, 0.3) is 0 Å². The Morgan fingerprint density at radius 2 is 1.61 bits per heavy atom. The topological polar surface area (TPSA) is 95.1 Å². The molecule has 2 aromatic carbocycles. The van der Waals surface area contributed by atoms with Crippen molar-refractivity contribution >= 4 is 48.9 Å². The van der Waals surface area contributed by atoms with Crippen molar-refractivity contribution in [2.75, 3.05) is 41.1 Å². The van der Waals surface area contributed by atoms with Crippen molar-refractivity contribution in [3.63, 3.8) is 0 Å². The molecule has 0 unspecified atom stereocenters. The molecule has 4 rings (SSSR count). The fourth-order valence-corrected chi connectivity index (χ4v) is 7.28. The summed E-state index contributed by atoms with van der Waals surface area (Å²) < 4.78 is 52.8. The molecule has 2 aromatic rings. The predicted molar refractivity (Wildman–Crippen MR) is 119 cm³/mol. The third-order valence-electron chi connectivity index (χ3n) is 5.48. The van der Waals surface area contributed by atoms with Gasteiger partial charge in [0, 0.05) is 36.9 Å². The second-order valence-corrected chi connectivity index (χ2v) is 11.9. The third kappa shape index (κ3) is 4.17. The van der Waals surface area contributed by atoms with Crippen molar-refractivity contribution in [1.29, 1.82) is 0 Å². The molecule has 0 aliphatic carbocycles. The number of carbonyl (C=O) groups is 1. The minimum atomic E-state index is -3.74. The Bertz CT molecular complexity index is 1210. The van der Waals surface area contributed by atoms with Crippen LogP contribution >= 0.6 is 11.6 Å². The monoisotopic (exact) mass is 483 g/mol. The van der Waals surface area contributed by atoms with Gasteiger partial charge < -0.3 is 4.90 Å². The summed E-state index contributed by atoms with van der Waals surface area (Å²) in [6.45, 7) is 3.23. The van der Waals surface area contributed by atoms with Crippen molar-refractivity contribution < 1.29 is 21.6 Å². The quantitative estimate of drug-likeness (QED) is 0.661. The lowest BCUT2D eigenvalue weighted by atomic mass is 10.2. The Kier molecular flexibility index (Phi) is 5.76. The Balaban J connectivity index is 1.49. The van der Waals surface area contributed by atoms with Crippen LogP contribution in [0.2, 0.25) is 5.02 Å². The van der Waals surface area contributed by atoms with Crippen LogP contribution in [0.15, 0.2) is 53.4 Å². The molecule has 0 N–H and O–H groups in total. The highest BCUT2D eigenvalue weighted by molar-refractivity contribution is 7.94. The van der Waals surface area contributed by atoms with E-state index in [4.69, 9.17) is 11.6 Å². The summed E-state index contributed by atoms with van der Waals surface area (Å²) in [5.41, 5.74) is 1.10. The molecule has 0 aromatic heterocycles. The summed E-state index contributed by atoms with van der Waals surface area (Å²) in [4.78, 5) is 14.4. The zero-order valence-electron chi connectivity index (χ0n) is 16.8. The predicted octanol–water partition coefficient (Wildman–Crippen LogP) is 2.16. The van der Waals surface area contributed by atoms with Gasteiger partial charge in [-0.2, -0.15) is 4.31 Å². The second-order valence-electron chi connectivity index (χ2n) is 7.65. The first-order valence-electron chi connectivity index (χ1n) is 9.77. The number of amides is 1. The molecule has 8 nitrogen and oxygen atoms in total. The maximum absolute atomic E-state index is 13.0. The molecule has 31 heavy (non-hydrogen) atoms. The Hall–Kier alpha value is -2.14. The van der Waals surface area contributed by atoms with Crippen LogP contribution in [0, 0.1) is 5.92 Å². The minimum absolute atomic E-state index is 0.0598. The van der Waals surface area contributed by atoms with E-state index in [0.717, 1.165) is 9.99 Å². The fraction of sp³-hybridized carbons (Fsp3) is 0.350. The van der Waals surface area contributed by atoms with E-state index in [9.17, 15) is 21.6 Å². The lowest BCUT2D eigenvalue weighted by Gasteiger charge is -2.35. The van der Waals surface area contributed by atoms with Gasteiger partial charge >= 0.3 is 0 Å². The molecule has 2 fully saturated rings. The number of halogens is 1. The van der Waals surface area contributed by atoms with Gasteiger partial charge in [-0.25, -0.2) is 21.1 Å². The van der Waals surface area contributed by atoms with Crippen LogP contribution in [-0.4, -0.2) is 59.0 Å². The number of benzene rings is 2. The molecule has 2 aliphatic heterocycles. The zero-order valence-corrected chi connectivity index (χ0v) is 19.2. The average molecular weight is 484 g/mol. The molecule has 1 amide bonds. The zero-order chi connectivity index (χ0) is 22.4. The number of anilines is 2. The molecule has 2 aliphatic rings. The Morgan fingerprint density at radius 3 is 2.16 bits per heavy atom. The SMILES string of the molecule is C[C@@H]1CS(=O)(=O)N(c2ccc(S(=O)(=O)N3CCN(c4cccc(Cl)c4)CC3)cc2)C1=O. The van der Waals surface area contributed by atoms with Gasteiger partial charge in [-0.05, 0) is 42.5 Å². The summed E-state index contributed by atoms with van der Waals surface area (Å²) in [6, 6.07) is 12.8. The van der Waals surface area contributed by atoms with Crippen molar-refractivity contribution in [2.45, 2.75) is 11.8 Å². The number of rotatable bonds is 4. The first-order chi connectivity index (χ1) is 14.6. The van der Waals surface area contributed by atoms with Crippen molar-refractivity contribution in [1.82, 2.24) is 4.31 Å². The highest BCUT2D eigenvalue weighted by atomic mass is 35.5. The fourth-order valence-electron chi connectivity index (χ4n) is 3.85. The van der Waals surface area contributed by atoms with Crippen LogP contribution in [0.1, 0.15) is 6.92 Å². The maximum Gasteiger partial charge on any atom is 0.244 e. The number of carbonyl (C=O) groups excluding carboxylic acids is 1. The third-order valence-corrected chi connectivity index (χ3v) is 9.50. The standard InChI is InChI=1S/C20H22ClN3O5S2/c1-15-14-30(26,27)24(20(15)25)17-5-7-19(8-6-17)31(28,29)23-11-9-22(10-12-23)18-4-2-3-16(21)13-18/h2-8,13,15H,9-12,14H2,1H3/t15-/m1/s1. The van der Waals surface area contributed by atoms with Crippen molar-refractivity contribution in [2.24, 2.45) is 5.92 Å². The molecular formula is C20H22ClN3O5S2. The summed E-state index contributed by atoms with van der Waals surface area (Å²) >= 11 is 6.04. The smallest absolute Gasteiger partial charge is 0.244 e. The minimum Gasteiger partial charge on any atom is -0.369 e. The van der Waals surface area contributed by atoms with Gasteiger partial charge in [0.15, 0.2) is 0 Å². The van der Waals surface area contributed by atoms with Crippen LogP contribution in [-0.2, 0) is 24.8 Å². The van der Waals surface area contributed by atoms with Gasteiger partial charge in [0.1, 0.15) is 0 Å². The molecule has 11 heteroatoms. The number of hydrogen-bond donors (Lipinski definition) is 0. The first-order valence-corrected chi connectivity index (χ1v) is 13.2. The lowest BCUT2D eigenvalue weighted by Crippen LogP contribution is -2.48. The number of piperazine rings is 1. The van der Waals surface area contributed by atoms with Crippen LogP contribution in [0.5, 0.6) is 0 Å². The molecule has 1 atom stereocenters. The van der Waals surface area contributed by atoms with E-state index in [1.165, 1.54) is 28.6 Å². The molecule has 0 bridgehead atoms. The Labute approximate surface area is 187 Å². The molecule has 166 valence electrons. The van der Waals surface area contributed by atoms with Gasteiger partial charge in [0.05, 0.1) is 22.3 Å². The summed E-state index contributed by atoms with van der Waals surface area (Å²) in [5, 5.41) is 0.625. The summed E-state index contributed by atoms with van der Waals surface area (Å²) in [6.07, 6.45) is 0. The lowest BCUT2D eigenvalue weighted by molar-refractivity contribution is -0.119. The van der Waals surface area contributed by atoms with Gasteiger partial charge in [-0.3, -0.25) is 4.79 Å². The maximum atomic E-state index is 13.0. The molecule has 0 saturated carbocycles. The van der Waals surface area contributed by atoms with Crippen LogP contribution in [0.3, 0.4) is 0 Å². The van der Waals surface area contributed by atoms with E-state index in [1.54, 1.807) is 13.0 Å². The van der Waals surface area contributed by atoms with Crippen LogP contribution in [0.25, 0.3) is 0 Å². The van der Waals surface area contributed by atoms with Gasteiger partial charge in [0.2, 0.25) is 26.0 Å². The molecule has 2 heterocycles. The normalized spacial score (nSPS) is 22.1. The number of nitrogens with zero attached hydrogens (tertiary/aromatic N) is 3. The molecule has 0 radical (unpaired) electrons. The van der Waals surface area contributed by atoms with Crippen molar-refractivity contribution in [3.05, 3.63) is 53.6 Å². The first kappa shape index (κ1) is 22.1. The van der Waals surface area contributed by atoms with E-state index in [2.05, 4.69) is 4.90 Å². The summed E-state index contributed by atoms with van der Waals surface area (Å²) in [5.74, 6) is -1.38. The van der Waals surface area contributed by atoms with Crippen LogP contribution < -0.4 is 9.21 Å². The van der Waals surface area contributed by atoms with E-state index >= 15 is 0 Å². The van der Waals surface area contributed by atoms with Crippen molar-refractivity contribution in [3.8, 4) is 0 Å². The van der Waals surface area contributed by atoms with Gasteiger partial charge in [-0.1, -0.05) is 24.6 Å². The highest BCUT2D eigenvalue weighted by Crippen LogP contribution is 2.30. The largest absolute Gasteiger partial charge is 0.369 e. The Morgan fingerprint density at radius 1 is 0.968 bits per heavy atom. The number of sulfonamides is 2. The number of hydrogen-bond acceptors (Lipinski definition) is 6. The summed E-state index contributed by atoms with van der Waals surface area (Å²) in [7, 11) is -7.48.